The number of hydrazine groups is 1. The Morgan fingerprint density at radius 2 is 1.64 bits per heavy atom. The predicted octanol–water partition coefficient (Wildman–Crippen LogP) is 2.42. The SMILES string of the molecule is O=C(NNC(=O)c1ccc(Cl)cc1)C1=NN(Cc2ccc(F)cc2)C(=O)CC1. The lowest BCUT2D eigenvalue weighted by Crippen LogP contribution is -2.46. The van der Waals surface area contributed by atoms with E-state index in [0.717, 1.165) is 5.01 Å². The van der Waals surface area contributed by atoms with Crippen molar-refractivity contribution < 1.29 is 18.8 Å². The quantitative estimate of drug-likeness (QED) is 0.769. The van der Waals surface area contributed by atoms with Gasteiger partial charge in [0, 0.05) is 23.4 Å². The molecule has 1 heterocycles. The van der Waals surface area contributed by atoms with Crippen molar-refractivity contribution in [2.45, 2.75) is 19.4 Å². The number of hydrogen-bond acceptors (Lipinski definition) is 4. The summed E-state index contributed by atoms with van der Waals surface area (Å²) in [6.45, 7) is 0.118. The number of hydrazone groups is 1. The Hall–Kier alpha value is -3.26. The molecule has 0 atom stereocenters. The summed E-state index contributed by atoms with van der Waals surface area (Å²) in [5, 5.41) is 5.72. The number of benzene rings is 2. The van der Waals surface area contributed by atoms with Crippen molar-refractivity contribution >= 4 is 35.0 Å². The van der Waals surface area contributed by atoms with Gasteiger partial charge >= 0.3 is 0 Å². The zero-order valence-electron chi connectivity index (χ0n) is 14.6. The summed E-state index contributed by atoms with van der Waals surface area (Å²) < 4.78 is 13.0. The van der Waals surface area contributed by atoms with Gasteiger partial charge in [0.05, 0.1) is 6.54 Å². The van der Waals surface area contributed by atoms with Crippen LogP contribution < -0.4 is 10.9 Å². The lowest BCUT2D eigenvalue weighted by Gasteiger charge is -2.23. The molecule has 9 heteroatoms. The van der Waals surface area contributed by atoms with Crippen molar-refractivity contribution in [1.82, 2.24) is 15.9 Å². The summed E-state index contributed by atoms with van der Waals surface area (Å²) in [6, 6.07) is 11.8. The van der Waals surface area contributed by atoms with E-state index in [1.165, 1.54) is 24.3 Å². The predicted molar refractivity (Wildman–Crippen MR) is 101 cm³/mol. The van der Waals surface area contributed by atoms with Crippen molar-refractivity contribution in [1.29, 1.82) is 0 Å². The minimum atomic E-state index is -0.612. The number of carbonyl (C=O) groups is 3. The van der Waals surface area contributed by atoms with Crippen LogP contribution in [-0.4, -0.2) is 28.4 Å². The number of nitrogens with zero attached hydrogens (tertiary/aromatic N) is 2. The maximum absolute atomic E-state index is 13.0. The first-order valence-corrected chi connectivity index (χ1v) is 8.79. The molecule has 0 radical (unpaired) electrons. The third-order valence-corrected chi connectivity index (χ3v) is 4.26. The molecule has 2 N–H and O–H groups in total. The van der Waals surface area contributed by atoms with E-state index >= 15 is 0 Å². The number of halogens is 2. The van der Waals surface area contributed by atoms with Crippen molar-refractivity contribution in [3.63, 3.8) is 0 Å². The third-order valence-electron chi connectivity index (χ3n) is 4.01. The van der Waals surface area contributed by atoms with E-state index in [-0.39, 0.29) is 36.8 Å². The van der Waals surface area contributed by atoms with E-state index in [2.05, 4.69) is 16.0 Å². The van der Waals surface area contributed by atoms with Crippen LogP contribution in [0.2, 0.25) is 5.02 Å². The van der Waals surface area contributed by atoms with Crippen molar-refractivity contribution in [2.75, 3.05) is 0 Å². The van der Waals surface area contributed by atoms with E-state index in [0.29, 0.717) is 16.1 Å². The summed E-state index contributed by atoms with van der Waals surface area (Å²) in [6.07, 6.45) is 0.264. The third kappa shape index (κ3) is 4.92. The maximum Gasteiger partial charge on any atom is 0.285 e. The molecule has 0 unspecified atom stereocenters. The molecule has 0 bridgehead atoms. The van der Waals surface area contributed by atoms with Crippen molar-refractivity contribution in [3.8, 4) is 0 Å². The zero-order chi connectivity index (χ0) is 20.1. The van der Waals surface area contributed by atoms with E-state index in [4.69, 9.17) is 11.6 Å². The first kappa shape index (κ1) is 19.5. The lowest BCUT2D eigenvalue weighted by molar-refractivity contribution is -0.132. The average Bonchev–Trinajstić information content (AvgIpc) is 2.69. The molecule has 0 spiro atoms. The van der Waals surface area contributed by atoms with Gasteiger partial charge in [0.1, 0.15) is 11.5 Å². The molecule has 3 amide bonds. The molecule has 0 aliphatic carbocycles. The number of carbonyl (C=O) groups excluding carboxylic acids is 3. The van der Waals surface area contributed by atoms with E-state index < -0.39 is 11.8 Å². The molecule has 28 heavy (non-hydrogen) atoms. The first-order valence-electron chi connectivity index (χ1n) is 8.41. The normalized spacial score (nSPS) is 13.7. The fourth-order valence-electron chi connectivity index (χ4n) is 2.51. The van der Waals surface area contributed by atoms with Crippen LogP contribution in [0.5, 0.6) is 0 Å². The molecule has 3 rings (SSSR count). The van der Waals surface area contributed by atoms with Gasteiger partial charge in [0.15, 0.2) is 0 Å². The van der Waals surface area contributed by atoms with Gasteiger partial charge in [-0.15, -0.1) is 0 Å². The summed E-state index contributed by atoms with van der Waals surface area (Å²) in [7, 11) is 0. The van der Waals surface area contributed by atoms with Crippen LogP contribution in [0.4, 0.5) is 4.39 Å². The zero-order valence-corrected chi connectivity index (χ0v) is 15.4. The average molecular weight is 403 g/mol. The van der Waals surface area contributed by atoms with Crippen LogP contribution in [0.1, 0.15) is 28.8 Å². The highest BCUT2D eigenvalue weighted by atomic mass is 35.5. The molecule has 1 aliphatic rings. The van der Waals surface area contributed by atoms with Crippen LogP contribution in [0.25, 0.3) is 0 Å². The molecular weight excluding hydrogens is 387 g/mol. The molecule has 2 aromatic carbocycles. The minimum absolute atomic E-state index is 0.109. The molecule has 0 fully saturated rings. The Bertz CT molecular complexity index is 929. The highest BCUT2D eigenvalue weighted by Gasteiger charge is 2.25. The highest BCUT2D eigenvalue weighted by molar-refractivity contribution is 6.39. The standard InChI is InChI=1S/C19H16ClFN4O3/c20-14-5-3-13(4-6-14)18(27)22-23-19(28)16-9-10-17(26)25(24-16)11-12-1-7-15(21)8-2-12/h1-8H,9-11H2,(H,22,27)(H,23,28). The van der Waals surface area contributed by atoms with Gasteiger partial charge in [-0.3, -0.25) is 25.2 Å². The van der Waals surface area contributed by atoms with Gasteiger partial charge in [-0.2, -0.15) is 5.10 Å². The summed E-state index contributed by atoms with van der Waals surface area (Å²) in [5.41, 5.74) is 5.68. The number of amides is 3. The Kier molecular flexibility index (Phi) is 6.00. The molecular formula is C19H16ClFN4O3. The van der Waals surface area contributed by atoms with Crippen LogP contribution in [-0.2, 0) is 16.1 Å². The van der Waals surface area contributed by atoms with Crippen molar-refractivity contribution in [2.24, 2.45) is 5.10 Å². The number of rotatable bonds is 4. The molecule has 2 aromatic rings. The second kappa shape index (κ2) is 8.62. The number of nitrogens with one attached hydrogen (secondary N) is 2. The monoisotopic (exact) mass is 402 g/mol. The molecule has 0 aromatic heterocycles. The smallest absolute Gasteiger partial charge is 0.273 e. The second-order valence-electron chi connectivity index (χ2n) is 6.04. The largest absolute Gasteiger partial charge is 0.285 e. The van der Waals surface area contributed by atoms with Gasteiger partial charge in [-0.1, -0.05) is 23.7 Å². The molecule has 7 nitrogen and oxygen atoms in total. The lowest BCUT2D eigenvalue weighted by atomic mass is 10.1. The van der Waals surface area contributed by atoms with E-state index in [9.17, 15) is 18.8 Å². The minimum Gasteiger partial charge on any atom is -0.273 e. The Labute approximate surface area is 165 Å². The topological polar surface area (TPSA) is 90.9 Å². The fraction of sp³-hybridized carbons (Fsp3) is 0.158. The van der Waals surface area contributed by atoms with Crippen LogP contribution in [0.3, 0.4) is 0 Å². The number of hydrogen-bond donors (Lipinski definition) is 2. The van der Waals surface area contributed by atoms with Crippen molar-refractivity contribution in [3.05, 3.63) is 70.5 Å². The van der Waals surface area contributed by atoms with E-state index in [1.54, 1.807) is 24.3 Å². The Morgan fingerprint density at radius 1 is 1.00 bits per heavy atom. The summed E-state index contributed by atoms with van der Waals surface area (Å²) in [4.78, 5) is 36.3. The van der Waals surface area contributed by atoms with Gasteiger partial charge in [-0.05, 0) is 42.0 Å². The van der Waals surface area contributed by atoms with E-state index in [1.807, 2.05) is 0 Å². The van der Waals surface area contributed by atoms with Gasteiger partial charge in [-0.25, -0.2) is 9.40 Å². The molecule has 144 valence electrons. The van der Waals surface area contributed by atoms with Gasteiger partial charge < -0.3 is 0 Å². The fourth-order valence-corrected chi connectivity index (χ4v) is 2.64. The molecule has 1 aliphatic heterocycles. The molecule has 0 saturated heterocycles. The Morgan fingerprint density at radius 3 is 2.32 bits per heavy atom. The van der Waals surface area contributed by atoms with Crippen LogP contribution in [0, 0.1) is 5.82 Å². The Balaban J connectivity index is 1.61. The first-order chi connectivity index (χ1) is 13.4. The van der Waals surface area contributed by atoms with Crippen LogP contribution in [0.15, 0.2) is 53.6 Å². The summed E-state index contributed by atoms with van der Waals surface area (Å²) in [5.74, 6) is -1.75. The molecule has 0 saturated carbocycles. The highest BCUT2D eigenvalue weighted by Crippen LogP contribution is 2.14. The summed E-state index contributed by atoms with van der Waals surface area (Å²) >= 11 is 5.77. The van der Waals surface area contributed by atoms with Gasteiger partial charge in [0.25, 0.3) is 11.8 Å². The maximum atomic E-state index is 13.0. The van der Waals surface area contributed by atoms with Crippen LogP contribution >= 0.6 is 11.6 Å². The second-order valence-corrected chi connectivity index (χ2v) is 6.48. The van der Waals surface area contributed by atoms with Gasteiger partial charge in [0.2, 0.25) is 5.91 Å².